The van der Waals surface area contributed by atoms with Gasteiger partial charge in [0, 0.05) is 25.2 Å². The van der Waals surface area contributed by atoms with Crippen LogP contribution in [0.1, 0.15) is 173 Å². The normalized spacial score (nSPS) is 30.2. The molecule has 1 aromatic carbocycles. The molecule has 6 aliphatic rings. The van der Waals surface area contributed by atoms with E-state index in [9.17, 15) is 19.2 Å². The second-order valence-corrected chi connectivity index (χ2v) is 35.9. The molecule has 2 unspecified atom stereocenters. The van der Waals surface area contributed by atoms with Gasteiger partial charge in [-0.05, 0) is 105 Å². The van der Waals surface area contributed by atoms with Crippen molar-refractivity contribution in [3.8, 4) is 0 Å². The Hall–Kier alpha value is -4.70. The number of carbonyl (C=O) groups excluding carboxylic acids is 7. The van der Waals surface area contributed by atoms with Gasteiger partial charge in [0.05, 0.1) is 41.6 Å². The lowest BCUT2D eigenvalue weighted by Gasteiger charge is -2.68. The number of nitrogens with one attached hydrogen (secondary N) is 1. The molecule has 12 atom stereocenters. The summed E-state index contributed by atoms with van der Waals surface area (Å²) in [5.74, 6) is -6.03. The summed E-state index contributed by atoms with van der Waals surface area (Å²) in [6.45, 7) is 32.2. The van der Waals surface area contributed by atoms with Crippen LogP contribution in [0, 0.1) is 22.7 Å². The van der Waals surface area contributed by atoms with E-state index in [1.807, 2.05) is 20.8 Å². The monoisotopic (exact) mass is 1160 g/mol. The maximum absolute atomic E-state index is 17.1. The first-order valence-electron chi connectivity index (χ1n) is 30.0. The summed E-state index contributed by atoms with van der Waals surface area (Å²) in [6.07, 6.45) is -6.02. The summed E-state index contributed by atoms with van der Waals surface area (Å²) in [6, 6.07) is 9.19. The van der Waals surface area contributed by atoms with E-state index < -0.39 is 135 Å². The maximum atomic E-state index is 17.1. The average Bonchev–Trinajstić information content (AvgIpc) is 2.50. The van der Waals surface area contributed by atoms with Crippen molar-refractivity contribution >= 4 is 58.4 Å². The fourth-order valence-corrected chi connectivity index (χ4v) is 23.5. The molecule has 4 aliphatic carbocycles. The van der Waals surface area contributed by atoms with E-state index in [-0.39, 0.29) is 58.7 Å². The molecular weight excluding hydrogens is 1070 g/mol. The zero-order valence-corrected chi connectivity index (χ0v) is 53.3. The highest BCUT2D eigenvalue weighted by molar-refractivity contribution is 6.77. The van der Waals surface area contributed by atoms with Gasteiger partial charge in [-0.2, -0.15) is 0 Å². The third kappa shape index (κ3) is 11.3. The number of ether oxygens (including phenoxy) is 7. The minimum absolute atomic E-state index is 0.0342. The molecule has 7 rings (SSSR count). The molecule has 1 amide bonds. The van der Waals surface area contributed by atoms with Crippen LogP contribution in [0.15, 0.2) is 53.1 Å². The van der Waals surface area contributed by atoms with Gasteiger partial charge in [-0.1, -0.05) is 126 Å². The molecule has 19 heteroatoms. The van der Waals surface area contributed by atoms with Crippen LogP contribution >= 0.6 is 0 Å². The number of Topliss-reactive ketones (excluding diaryl/α,β-unsaturated/α-hetero) is 1. The maximum Gasteiger partial charge on any atom is 0.509 e. The molecule has 450 valence electrons. The lowest BCUT2D eigenvalue weighted by atomic mass is 9.44. The van der Waals surface area contributed by atoms with Gasteiger partial charge >= 0.3 is 30.0 Å². The number of ketones is 1. The van der Waals surface area contributed by atoms with Crippen LogP contribution in [-0.2, 0) is 66.0 Å². The van der Waals surface area contributed by atoms with Gasteiger partial charge in [-0.25, -0.2) is 14.4 Å². The Morgan fingerprint density at radius 3 is 1.98 bits per heavy atom. The van der Waals surface area contributed by atoms with Gasteiger partial charge in [-0.15, -0.1) is 0 Å². The molecule has 2 bridgehead atoms. The Balaban J connectivity index is 1.57. The van der Waals surface area contributed by atoms with Crippen LogP contribution in [0.4, 0.5) is 4.79 Å². The van der Waals surface area contributed by atoms with Crippen LogP contribution in [0.25, 0.3) is 0 Å². The predicted molar refractivity (Wildman–Crippen MR) is 308 cm³/mol. The first-order valence-corrected chi connectivity index (χ1v) is 34.6. The van der Waals surface area contributed by atoms with Crippen molar-refractivity contribution in [1.82, 2.24) is 5.32 Å². The third-order valence-electron chi connectivity index (χ3n) is 19.5. The van der Waals surface area contributed by atoms with Gasteiger partial charge in [0.1, 0.15) is 6.10 Å². The zero-order chi connectivity index (χ0) is 59.9. The summed E-state index contributed by atoms with van der Waals surface area (Å²) >= 11 is 0. The van der Waals surface area contributed by atoms with Crippen molar-refractivity contribution < 1.29 is 75.6 Å². The van der Waals surface area contributed by atoms with Crippen LogP contribution in [0.5, 0.6) is 0 Å². The lowest BCUT2D eigenvalue weighted by molar-refractivity contribution is -0.344. The van der Waals surface area contributed by atoms with Crippen LogP contribution < -0.4 is 5.32 Å². The molecule has 5 fully saturated rings. The van der Waals surface area contributed by atoms with E-state index in [1.165, 1.54) is 6.92 Å². The minimum atomic E-state index is -3.05. The highest BCUT2D eigenvalue weighted by atomic mass is 28.4. The van der Waals surface area contributed by atoms with E-state index in [2.05, 4.69) is 67.6 Å². The number of benzene rings is 1. The molecule has 2 heterocycles. The van der Waals surface area contributed by atoms with E-state index in [4.69, 9.17) is 42.0 Å². The van der Waals surface area contributed by atoms with E-state index in [0.717, 1.165) is 18.4 Å². The van der Waals surface area contributed by atoms with Crippen molar-refractivity contribution in [2.24, 2.45) is 22.7 Å². The molecular formula is C62H93NO16Si2. The van der Waals surface area contributed by atoms with Gasteiger partial charge in [0.25, 0.3) is 0 Å². The van der Waals surface area contributed by atoms with E-state index in [0.29, 0.717) is 37.4 Å². The highest BCUT2D eigenvalue weighted by Crippen LogP contribution is 2.68. The van der Waals surface area contributed by atoms with Gasteiger partial charge < -0.3 is 47.3 Å². The summed E-state index contributed by atoms with van der Waals surface area (Å²) < 4.78 is 61.7. The van der Waals surface area contributed by atoms with E-state index >= 15 is 14.4 Å². The van der Waals surface area contributed by atoms with Crippen LogP contribution in [-0.4, -0.2) is 125 Å². The SMILES string of the molecule is CCCCCC(=O)N[C@@H](C=C(C)C)[C@@H](O[Si](C(C)C)(C(C)C)C(C)C)C(=O)O[C@@H]1C(C)=C2[C@@H](OC(=O)C3CC3)C(=O)[C@@]3(C)C(C(OC(=O)c4ccccc4)[C@@]4(OC(=O)O[C@@H]14)C2(C)C)[C@]1(OC(C)=O)CO[C@@H]1C[C@@H]3O[Si](CC)(CC)CC. The molecule has 2 saturated heterocycles. The number of esters is 4. The van der Waals surface area contributed by atoms with Crippen LogP contribution in [0.3, 0.4) is 0 Å². The van der Waals surface area contributed by atoms with Crippen molar-refractivity contribution in [2.75, 3.05) is 6.61 Å². The molecule has 0 radical (unpaired) electrons. The highest BCUT2D eigenvalue weighted by Gasteiger charge is 2.84. The number of hydrogen-bond acceptors (Lipinski definition) is 16. The van der Waals surface area contributed by atoms with Crippen molar-refractivity contribution in [3.05, 3.63) is 58.7 Å². The van der Waals surface area contributed by atoms with Crippen LogP contribution in [0.2, 0.25) is 34.8 Å². The summed E-state index contributed by atoms with van der Waals surface area (Å²) in [4.78, 5) is 106. The summed E-state index contributed by atoms with van der Waals surface area (Å²) in [5, 5.41) is 3.13. The Labute approximate surface area is 482 Å². The Bertz CT molecular complexity index is 2570. The van der Waals surface area contributed by atoms with Gasteiger partial charge in [0.2, 0.25) is 19.8 Å². The number of hydrogen-bond donors (Lipinski definition) is 1. The average molecular weight is 1160 g/mol. The van der Waals surface area contributed by atoms with Crippen molar-refractivity contribution in [1.29, 1.82) is 0 Å². The molecule has 17 nitrogen and oxygen atoms in total. The number of carbonyl (C=O) groups is 7. The second-order valence-electron chi connectivity index (χ2n) is 25.8. The number of allylic oxidation sites excluding steroid dienone is 1. The number of rotatable bonds is 24. The van der Waals surface area contributed by atoms with Gasteiger partial charge in [-0.3, -0.25) is 19.2 Å². The molecule has 1 N–H and O–H groups in total. The quantitative estimate of drug-likeness (QED) is 0.0335. The molecule has 3 saturated carbocycles. The Morgan fingerprint density at radius 1 is 0.840 bits per heavy atom. The zero-order valence-electron chi connectivity index (χ0n) is 51.3. The Morgan fingerprint density at radius 2 is 1.46 bits per heavy atom. The fourth-order valence-electron chi connectivity index (χ4n) is 15.0. The molecule has 81 heavy (non-hydrogen) atoms. The minimum Gasteiger partial charge on any atom is -0.454 e. The molecule has 0 aromatic heterocycles. The first-order chi connectivity index (χ1) is 38.0. The smallest absolute Gasteiger partial charge is 0.454 e. The third-order valence-corrected chi connectivity index (χ3v) is 30.2. The molecule has 1 spiro atoms. The predicted octanol–water partition coefficient (Wildman–Crippen LogP) is 11.4. The van der Waals surface area contributed by atoms with Crippen molar-refractivity contribution in [3.63, 3.8) is 0 Å². The second kappa shape index (κ2) is 24.5. The largest absolute Gasteiger partial charge is 0.509 e. The standard InChI is InChI=1S/C62H93NO16Si2/c1-18-22-24-29-46(65)63-43(32-35(5)6)49(79-81(36(7)8,37(9)10)38(11)12)57(69)72-48-39(13)47-50(73-55(67)42-30-31-42)52(66)60(17)44(78-80(19-2,20-3)21-4)33-45-61(34-71-45,76-40(14)64)51(60)54(74-56(68)41-27-25-23-26-28-41)62(59(47,15)16)53(48)75-58(70)77-62/h23,25-28,32,36-38,42-45,48-51,53-54H,18-22,24,29-31,33-34H2,1-17H3,(H,63,65)/t43-,44-,45+,48+,49+,50+,51?,53-,54?,60+,61-,62+/m0/s1. The number of unbranched alkanes of at least 4 members (excludes halogenated alkanes) is 2. The summed E-state index contributed by atoms with van der Waals surface area (Å²) in [5.41, 5.74) is -6.47. The number of amides is 1. The molecule has 1 aromatic rings. The van der Waals surface area contributed by atoms with E-state index in [1.54, 1.807) is 64.1 Å². The van der Waals surface area contributed by atoms with Gasteiger partial charge in [0.15, 0.2) is 50.2 Å². The molecule has 2 aliphatic heterocycles. The summed E-state index contributed by atoms with van der Waals surface area (Å²) in [7, 11) is -5.77. The number of fused-ring (bicyclic) bond motifs is 4. The Kier molecular flexibility index (Phi) is 19.3. The first kappa shape index (κ1) is 63.9. The fraction of sp³-hybridized carbons (Fsp3) is 0.726. The van der Waals surface area contributed by atoms with Crippen molar-refractivity contribution in [2.45, 2.75) is 257 Å². The lowest BCUT2D eigenvalue weighted by Crippen LogP contribution is -2.83. The topological polar surface area (TPSA) is 215 Å².